The normalized spacial score (nSPS) is 10.2. The molecule has 0 aliphatic carbocycles. The minimum atomic E-state index is 0.471. The van der Waals surface area contributed by atoms with E-state index in [-0.39, 0.29) is 0 Å². The fraction of sp³-hybridized carbons (Fsp3) is 0.500. The van der Waals surface area contributed by atoms with E-state index >= 15 is 0 Å². The molecule has 0 aliphatic rings. The van der Waals surface area contributed by atoms with Gasteiger partial charge in [0.1, 0.15) is 0 Å². The summed E-state index contributed by atoms with van der Waals surface area (Å²) in [4.78, 5) is 0. The summed E-state index contributed by atoms with van der Waals surface area (Å²) in [7, 11) is 0. The van der Waals surface area contributed by atoms with Crippen molar-refractivity contribution in [2.24, 2.45) is 5.84 Å². The molecule has 0 aromatic carbocycles. The van der Waals surface area contributed by atoms with Crippen molar-refractivity contribution in [3.8, 4) is 0 Å². The van der Waals surface area contributed by atoms with Gasteiger partial charge in [0.15, 0.2) is 11.0 Å². The average Bonchev–Trinajstić information content (AvgIpc) is 2.17. The SMILES string of the molecule is CCc1c(Cl)nnc(NN)c1CC. The van der Waals surface area contributed by atoms with Crippen LogP contribution in [0.1, 0.15) is 25.0 Å². The summed E-state index contributed by atoms with van der Waals surface area (Å²) in [5.74, 6) is 5.92. The van der Waals surface area contributed by atoms with E-state index < -0.39 is 0 Å². The summed E-state index contributed by atoms with van der Waals surface area (Å²) in [6.07, 6.45) is 1.68. The van der Waals surface area contributed by atoms with Gasteiger partial charge in [-0.15, -0.1) is 10.2 Å². The van der Waals surface area contributed by atoms with E-state index in [2.05, 4.69) is 15.6 Å². The lowest BCUT2D eigenvalue weighted by atomic mass is 10.1. The second-order valence-corrected chi connectivity index (χ2v) is 3.01. The summed E-state index contributed by atoms with van der Waals surface area (Å²) in [6, 6.07) is 0. The fourth-order valence-corrected chi connectivity index (χ4v) is 1.62. The molecule has 0 unspecified atom stereocenters. The first-order valence-electron chi connectivity index (χ1n) is 4.25. The first-order chi connectivity index (χ1) is 6.24. The van der Waals surface area contributed by atoms with Gasteiger partial charge in [-0.3, -0.25) is 0 Å². The highest BCUT2D eigenvalue weighted by Gasteiger charge is 2.11. The molecular formula is C8H13ClN4. The first kappa shape index (κ1) is 10.2. The van der Waals surface area contributed by atoms with E-state index in [0.717, 1.165) is 24.0 Å². The smallest absolute Gasteiger partial charge is 0.166 e. The van der Waals surface area contributed by atoms with Crippen LogP contribution in [0.4, 0.5) is 5.82 Å². The Bertz CT molecular complexity index is 300. The Morgan fingerprint density at radius 1 is 1.23 bits per heavy atom. The Labute approximate surface area is 82.5 Å². The van der Waals surface area contributed by atoms with Crippen molar-refractivity contribution in [3.63, 3.8) is 0 Å². The summed E-state index contributed by atoms with van der Waals surface area (Å²) >= 11 is 5.90. The molecule has 1 heterocycles. The molecule has 13 heavy (non-hydrogen) atoms. The lowest BCUT2D eigenvalue weighted by molar-refractivity contribution is 0.926. The van der Waals surface area contributed by atoms with Crippen LogP contribution >= 0.6 is 11.6 Å². The van der Waals surface area contributed by atoms with Gasteiger partial charge in [-0.1, -0.05) is 25.4 Å². The van der Waals surface area contributed by atoms with Crippen molar-refractivity contribution in [2.45, 2.75) is 26.7 Å². The van der Waals surface area contributed by atoms with E-state index in [1.54, 1.807) is 0 Å². The maximum Gasteiger partial charge on any atom is 0.166 e. The van der Waals surface area contributed by atoms with Gasteiger partial charge < -0.3 is 5.43 Å². The molecule has 0 spiro atoms. The van der Waals surface area contributed by atoms with E-state index in [9.17, 15) is 0 Å². The molecule has 72 valence electrons. The number of nitrogens with zero attached hydrogens (tertiary/aromatic N) is 2. The second-order valence-electron chi connectivity index (χ2n) is 2.65. The van der Waals surface area contributed by atoms with Crippen LogP contribution in [-0.2, 0) is 12.8 Å². The van der Waals surface area contributed by atoms with E-state index in [0.29, 0.717) is 11.0 Å². The van der Waals surface area contributed by atoms with Gasteiger partial charge in [-0.05, 0) is 18.4 Å². The van der Waals surface area contributed by atoms with Crippen LogP contribution < -0.4 is 11.3 Å². The van der Waals surface area contributed by atoms with Gasteiger partial charge in [0, 0.05) is 5.56 Å². The van der Waals surface area contributed by atoms with Crippen LogP contribution in [0.2, 0.25) is 5.15 Å². The van der Waals surface area contributed by atoms with Gasteiger partial charge in [-0.2, -0.15) is 0 Å². The molecule has 0 saturated carbocycles. The zero-order valence-electron chi connectivity index (χ0n) is 7.76. The number of nitrogen functional groups attached to an aromatic ring is 1. The topological polar surface area (TPSA) is 63.8 Å². The number of hydrogen-bond acceptors (Lipinski definition) is 4. The minimum absolute atomic E-state index is 0.471. The van der Waals surface area contributed by atoms with Crippen LogP contribution in [0, 0.1) is 0 Å². The van der Waals surface area contributed by atoms with Crippen LogP contribution in [0.5, 0.6) is 0 Å². The van der Waals surface area contributed by atoms with Crippen molar-refractivity contribution in [1.82, 2.24) is 10.2 Å². The quantitative estimate of drug-likeness (QED) is 0.574. The molecule has 0 fully saturated rings. The second kappa shape index (κ2) is 4.39. The molecule has 1 aromatic rings. The van der Waals surface area contributed by atoms with Gasteiger partial charge in [0.05, 0.1) is 0 Å². The zero-order valence-corrected chi connectivity index (χ0v) is 8.52. The van der Waals surface area contributed by atoms with E-state index in [4.69, 9.17) is 17.4 Å². The number of nitrogens with one attached hydrogen (secondary N) is 1. The molecule has 0 saturated heterocycles. The number of aromatic nitrogens is 2. The average molecular weight is 201 g/mol. The first-order valence-corrected chi connectivity index (χ1v) is 4.62. The molecule has 0 amide bonds. The maximum absolute atomic E-state index is 5.90. The van der Waals surface area contributed by atoms with Crippen molar-refractivity contribution in [1.29, 1.82) is 0 Å². The highest BCUT2D eigenvalue weighted by Crippen LogP contribution is 2.22. The van der Waals surface area contributed by atoms with Crippen LogP contribution in [-0.4, -0.2) is 10.2 Å². The molecular weight excluding hydrogens is 188 g/mol. The highest BCUT2D eigenvalue weighted by molar-refractivity contribution is 6.30. The number of rotatable bonds is 3. The Morgan fingerprint density at radius 2 is 1.85 bits per heavy atom. The van der Waals surface area contributed by atoms with Crippen LogP contribution in [0.25, 0.3) is 0 Å². The molecule has 4 nitrogen and oxygen atoms in total. The van der Waals surface area contributed by atoms with Crippen LogP contribution in [0.3, 0.4) is 0 Å². The van der Waals surface area contributed by atoms with Crippen molar-refractivity contribution in [3.05, 3.63) is 16.3 Å². The van der Waals surface area contributed by atoms with Gasteiger partial charge in [0.2, 0.25) is 0 Å². The van der Waals surface area contributed by atoms with E-state index in [1.165, 1.54) is 0 Å². The fourth-order valence-electron chi connectivity index (χ4n) is 1.34. The number of hydrazine groups is 1. The third kappa shape index (κ3) is 1.89. The third-order valence-electron chi connectivity index (χ3n) is 1.98. The molecule has 1 rings (SSSR count). The van der Waals surface area contributed by atoms with Gasteiger partial charge in [-0.25, -0.2) is 5.84 Å². The molecule has 1 aromatic heterocycles. The Morgan fingerprint density at radius 3 is 2.31 bits per heavy atom. The summed E-state index contributed by atoms with van der Waals surface area (Å²) < 4.78 is 0. The zero-order chi connectivity index (χ0) is 9.84. The Hall–Kier alpha value is -0.870. The number of halogens is 1. The minimum Gasteiger partial charge on any atom is -0.307 e. The monoisotopic (exact) mass is 200 g/mol. The lowest BCUT2D eigenvalue weighted by Crippen LogP contribution is -2.13. The number of nitrogens with two attached hydrogens (primary N) is 1. The molecule has 0 atom stereocenters. The highest BCUT2D eigenvalue weighted by atomic mass is 35.5. The largest absolute Gasteiger partial charge is 0.307 e. The summed E-state index contributed by atoms with van der Waals surface area (Å²) in [5, 5.41) is 8.13. The lowest BCUT2D eigenvalue weighted by Gasteiger charge is -2.10. The Kier molecular flexibility index (Phi) is 3.45. The molecule has 0 radical (unpaired) electrons. The van der Waals surface area contributed by atoms with Gasteiger partial charge in [0.25, 0.3) is 0 Å². The van der Waals surface area contributed by atoms with E-state index in [1.807, 2.05) is 13.8 Å². The van der Waals surface area contributed by atoms with Crippen molar-refractivity contribution >= 4 is 17.4 Å². The van der Waals surface area contributed by atoms with Gasteiger partial charge >= 0.3 is 0 Å². The molecule has 3 N–H and O–H groups in total. The Balaban J connectivity index is 3.27. The predicted octanol–water partition coefficient (Wildman–Crippen LogP) is 1.54. The summed E-state index contributed by atoms with van der Waals surface area (Å²) in [6.45, 7) is 4.07. The summed E-state index contributed by atoms with van der Waals surface area (Å²) in [5.41, 5.74) is 4.58. The number of hydrogen-bond donors (Lipinski definition) is 2. The van der Waals surface area contributed by atoms with Crippen LogP contribution in [0.15, 0.2) is 0 Å². The standard InChI is InChI=1S/C8H13ClN4/c1-3-5-6(4-2)8(11-10)13-12-7(5)9/h3-4,10H2,1-2H3,(H,11,13). The number of anilines is 1. The molecule has 5 heteroatoms. The molecule has 0 aliphatic heterocycles. The predicted molar refractivity (Wildman–Crippen MR) is 53.6 cm³/mol. The van der Waals surface area contributed by atoms with Crippen molar-refractivity contribution < 1.29 is 0 Å². The maximum atomic E-state index is 5.90. The molecule has 0 bridgehead atoms. The third-order valence-corrected chi connectivity index (χ3v) is 2.28. The van der Waals surface area contributed by atoms with Crippen molar-refractivity contribution in [2.75, 3.05) is 5.43 Å².